The number of hydrogen-bond acceptors (Lipinski definition) is 3. The maximum absolute atomic E-state index is 10.9. The number of aliphatic hydroxyl groups is 1. The lowest BCUT2D eigenvalue weighted by Crippen LogP contribution is -2.23. The third kappa shape index (κ3) is 19.0. The Morgan fingerprint density at radius 1 is 0.667 bits per heavy atom. The van der Waals surface area contributed by atoms with E-state index in [4.69, 9.17) is 4.55 Å². The average Bonchev–Trinajstić information content (AvgIpc) is 2.60. The highest BCUT2D eigenvalue weighted by atomic mass is 32.2. The molecule has 4 nitrogen and oxygen atoms in total. The summed E-state index contributed by atoms with van der Waals surface area (Å²) in [6.07, 6.45) is 21.2. The van der Waals surface area contributed by atoms with Crippen LogP contribution in [0.5, 0.6) is 0 Å². The standard InChI is InChI=1S/C22H46O4S/c1-3-4-5-6-7-8-9-10-11-12-13-14-15-16-17-18-19-22(23)20-21(2)27(24,25)26/h21-23H,3-20H2,1-2H3,(H,24,25,26). The van der Waals surface area contributed by atoms with Crippen LogP contribution >= 0.6 is 0 Å². The molecule has 0 bridgehead atoms. The second-order valence-corrected chi connectivity index (χ2v) is 10.1. The molecule has 0 amide bonds. The first-order valence-electron chi connectivity index (χ1n) is 11.5. The average molecular weight is 407 g/mol. The summed E-state index contributed by atoms with van der Waals surface area (Å²) in [6.45, 7) is 3.70. The first kappa shape index (κ1) is 26.9. The summed E-state index contributed by atoms with van der Waals surface area (Å²) < 4.78 is 30.8. The van der Waals surface area contributed by atoms with Gasteiger partial charge < -0.3 is 5.11 Å². The zero-order valence-electron chi connectivity index (χ0n) is 18.0. The highest BCUT2D eigenvalue weighted by molar-refractivity contribution is 7.86. The Morgan fingerprint density at radius 3 is 1.33 bits per heavy atom. The van der Waals surface area contributed by atoms with Crippen molar-refractivity contribution in [3.05, 3.63) is 0 Å². The number of aliphatic hydroxyl groups excluding tert-OH is 1. The molecule has 0 aliphatic rings. The number of unbranched alkanes of at least 4 members (excludes halogenated alkanes) is 15. The van der Waals surface area contributed by atoms with Crippen LogP contribution in [-0.2, 0) is 10.1 Å². The van der Waals surface area contributed by atoms with Gasteiger partial charge in [0.15, 0.2) is 0 Å². The van der Waals surface area contributed by atoms with Crippen molar-refractivity contribution in [2.45, 2.75) is 141 Å². The molecule has 2 atom stereocenters. The van der Waals surface area contributed by atoms with Gasteiger partial charge in [0.1, 0.15) is 0 Å². The Kier molecular flexibility index (Phi) is 17.8. The largest absolute Gasteiger partial charge is 0.393 e. The maximum atomic E-state index is 10.9. The second-order valence-electron chi connectivity index (χ2n) is 8.31. The first-order chi connectivity index (χ1) is 12.9. The SMILES string of the molecule is CCCCCCCCCCCCCCCCCCC(O)CC(C)S(=O)(=O)O. The molecule has 0 aromatic rings. The van der Waals surface area contributed by atoms with E-state index in [1.165, 1.54) is 96.8 Å². The van der Waals surface area contributed by atoms with Gasteiger partial charge in [0.25, 0.3) is 10.1 Å². The van der Waals surface area contributed by atoms with Crippen LogP contribution in [0.4, 0.5) is 0 Å². The molecule has 0 rings (SSSR count). The van der Waals surface area contributed by atoms with Crippen LogP contribution in [0.1, 0.15) is 129 Å². The van der Waals surface area contributed by atoms with E-state index in [0.29, 0.717) is 6.42 Å². The Labute approximate surface area is 169 Å². The van der Waals surface area contributed by atoms with Crippen molar-refractivity contribution >= 4 is 10.1 Å². The molecule has 2 unspecified atom stereocenters. The summed E-state index contributed by atoms with van der Waals surface area (Å²) in [6, 6.07) is 0. The van der Waals surface area contributed by atoms with Crippen LogP contribution in [0.25, 0.3) is 0 Å². The van der Waals surface area contributed by atoms with E-state index in [0.717, 1.165) is 12.8 Å². The monoisotopic (exact) mass is 406 g/mol. The highest BCUT2D eigenvalue weighted by Crippen LogP contribution is 2.16. The van der Waals surface area contributed by atoms with Gasteiger partial charge in [0, 0.05) is 0 Å². The Bertz CT molecular complexity index is 409. The lowest BCUT2D eigenvalue weighted by Gasteiger charge is -2.14. The fourth-order valence-electron chi connectivity index (χ4n) is 3.55. The molecule has 0 saturated heterocycles. The molecular weight excluding hydrogens is 360 g/mol. The fourth-order valence-corrected chi connectivity index (χ4v) is 4.02. The Morgan fingerprint density at radius 2 is 1.00 bits per heavy atom. The van der Waals surface area contributed by atoms with E-state index in [1.807, 2.05) is 0 Å². The van der Waals surface area contributed by atoms with E-state index in [1.54, 1.807) is 0 Å². The van der Waals surface area contributed by atoms with Gasteiger partial charge in [-0.3, -0.25) is 4.55 Å². The van der Waals surface area contributed by atoms with Crippen LogP contribution in [0.3, 0.4) is 0 Å². The van der Waals surface area contributed by atoms with Crippen molar-refractivity contribution in [3.63, 3.8) is 0 Å². The minimum absolute atomic E-state index is 0.123. The molecule has 0 aliphatic carbocycles. The van der Waals surface area contributed by atoms with Crippen LogP contribution in [0.2, 0.25) is 0 Å². The summed E-state index contributed by atoms with van der Waals surface area (Å²) >= 11 is 0. The molecule has 0 spiro atoms. The lowest BCUT2D eigenvalue weighted by molar-refractivity contribution is 0.149. The first-order valence-corrected chi connectivity index (χ1v) is 13.0. The summed E-state index contributed by atoms with van der Waals surface area (Å²) in [5.41, 5.74) is 0. The van der Waals surface area contributed by atoms with Crippen LogP contribution in [0, 0.1) is 0 Å². The second kappa shape index (κ2) is 17.9. The van der Waals surface area contributed by atoms with Gasteiger partial charge in [-0.15, -0.1) is 0 Å². The molecule has 27 heavy (non-hydrogen) atoms. The fraction of sp³-hybridized carbons (Fsp3) is 1.00. The quantitative estimate of drug-likeness (QED) is 0.175. The van der Waals surface area contributed by atoms with E-state index in [2.05, 4.69) is 6.92 Å². The lowest BCUT2D eigenvalue weighted by atomic mass is 10.0. The zero-order valence-corrected chi connectivity index (χ0v) is 18.8. The van der Waals surface area contributed by atoms with Gasteiger partial charge in [-0.1, -0.05) is 110 Å². The highest BCUT2D eigenvalue weighted by Gasteiger charge is 2.20. The topological polar surface area (TPSA) is 74.6 Å². The molecule has 5 heteroatoms. The zero-order chi connectivity index (χ0) is 20.4. The smallest absolute Gasteiger partial charge is 0.267 e. The predicted molar refractivity (Wildman–Crippen MR) is 116 cm³/mol. The van der Waals surface area contributed by atoms with Gasteiger partial charge in [-0.05, 0) is 19.8 Å². The number of hydrogen-bond donors (Lipinski definition) is 2. The molecule has 0 heterocycles. The molecule has 0 fully saturated rings. The summed E-state index contributed by atoms with van der Waals surface area (Å²) in [5, 5.41) is 8.94. The van der Waals surface area contributed by atoms with E-state index >= 15 is 0 Å². The molecule has 0 aromatic heterocycles. The van der Waals surface area contributed by atoms with Crippen LogP contribution < -0.4 is 0 Å². The normalized spacial score (nSPS) is 14.4. The summed E-state index contributed by atoms with van der Waals surface area (Å²) in [7, 11) is -4.02. The minimum atomic E-state index is -4.02. The van der Waals surface area contributed by atoms with Gasteiger partial charge in [0.05, 0.1) is 11.4 Å². The molecule has 0 aliphatic heterocycles. The third-order valence-electron chi connectivity index (χ3n) is 5.50. The van der Waals surface area contributed by atoms with Gasteiger partial charge in [-0.25, -0.2) is 0 Å². The summed E-state index contributed by atoms with van der Waals surface area (Å²) in [4.78, 5) is 0. The Balaban J connectivity index is 3.25. The van der Waals surface area contributed by atoms with Crippen LogP contribution in [0.15, 0.2) is 0 Å². The van der Waals surface area contributed by atoms with Crippen molar-refractivity contribution in [3.8, 4) is 0 Å². The molecule has 0 aromatic carbocycles. The number of rotatable bonds is 20. The minimum Gasteiger partial charge on any atom is -0.393 e. The van der Waals surface area contributed by atoms with E-state index < -0.39 is 21.5 Å². The van der Waals surface area contributed by atoms with Crippen molar-refractivity contribution in [2.24, 2.45) is 0 Å². The molecule has 0 saturated carbocycles. The molecule has 2 N–H and O–H groups in total. The van der Waals surface area contributed by atoms with Gasteiger partial charge >= 0.3 is 0 Å². The van der Waals surface area contributed by atoms with Gasteiger partial charge in [0.2, 0.25) is 0 Å². The van der Waals surface area contributed by atoms with E-state index in [-0.39, 0.29) is 6.42 Å². The summed E-state index contributed by atoms with van der Waals surface area (Å²) in [5.74, 6) is 0. The molecule has 164 valence electrons. The van der Waals surface area contributed by atoms with Crippen molar-refractivity contribution in [2.75, 3.05) is 0 Å². The third-order valence-corrected chi connectivity index (χ3v) is 6.71. The van der Waals surface area contributed by atoms with E-state index in [9.17, 15) is 13.5 Å². The van der Waals surface area contributed by atoms with Crippen molar-refractivity contribution in [1.29, 1.82) is 0 Å². The van der Waals surface area contributed by atoms with Gasteiger partial charge in [-0.2, -0.15) is 8.42 Å². The maximum Gasteiger partial charge on any atom is 0.267 e. The Hall–Kier alpha value is -0.130. The van der Waals surface area contributed by atoms with Crippen LogP contribution in [-0.4, -0.2) is 29.4 Å². The predicted octanol–water partition coefficient (Wildman–Crippen LogP) is 6.67. The van der Waals surface area contributed by atoms with Crippen molar-refractivity contribution < 1.29 is 18.1 Å². The van der Waals surface area contributed by atoms with Crippen molar-refractivity contribution in [1.82, 2.24) is 0 Å². The molecular formula is C22H46O4S. The molecule has 0 radical (unpaired) electrons.